The van der Waals surface area contributed by atoms with Crippen molar-refractivity contribution in [3.05, 3.63) is 47.8 Å². The molecule has 6 nitrogen and oxygen atoms in total. The molecule has 0 fully saturated rings. The lowest BCUT2D eigenvalue weighted by Crippen LogP contribution is -2.36. The molecular weight excluding hydrogens is 366 g/mol. The number of rotatable bonds is 10. The van der Waals surface area contributed by atoms with E-state index in [0.717, 1.165) is 12.0 Å². The van der Waals surface area contributed by atoms with E-state index in [0.29, 0.717) is 37.0 Å². The van der Waals surface area contributed by atoms with Crippen LogP contribution in [0.2, 0.25) is 0 Å². The fourth-order valence-electron chi connectivity index (χ4n) is 2.54. The summed E-state index contributed by atoms with van der Waals surface area (Å²) in [6.07, 6.45) is 4.79. The molecule has 0 bridgehead atoms. The van der Waals surface area contributed by atoms with Crippen LogP contribution in [0.4, 0.5) is 8.78 Å². The Kier molecular flexibility index (Phi) is 8.58. The molecule has 0 radical (unpaired) electrons. The Morgan fingerprint density at radius 1 is 1.21 bits per heavy atom. The number of aromatic nitrogens is 1. The van der Waals surface area contributed by atoms with E-state index in [1.807, 2.05) is 43.9 Å². The van der Waals surface area contributed by atoms with Gasteiger partial charge in [0.05, 0.1) is 13.2 Å². The van der Waals surface area contributed by atoms with Gasteiger partial charge in [0.15, 0.2) is 5.96 Å². The molecule has 154 valence electrons. The lowest BCUT2D eigenvalue weighted by molar-refractivity contribution is -0.0505. The van der Waals surface area contributed by atoms with Gasteiger partial charge in [-0.1, -0.05) is 6.92 Å². The molecule has 8 heteroatoms. The van der Waals surface area contributed by atoms with Gasteiger partial charge in [-0.2, -0.15) is 8.78 Å². The standard InChI is InChI=1S/C20H28F2N4O2/c1-4-10-27-17-7-6-16(18(11-17)28-19(21)22)13-25-20(23-5-2)24-12-15-8-9-26(3)14-15/h6-9,11,14,19H,4-5,10,12-13H2,1-3H3,(H2,23,24,25). The van der Waals surface area contributed by atoms with Gasteiger partial charge in [0.2, 0.25) is 0 Å². The molecule has 0 atom stereocenters. The van der Waals surface area contributed by atoms with Gasteiger partial charge in [0, 0.05) is 44.2 Å². The second-order valence-corrected chi connectivity index (χ2v) is 6.23. The van der Waals surface area contributed by atoms with E-state index in [-0.39, 0.29) is 12.3 Å². The zero-order valence-electron chi connectivity index (χ0n) is 16.5. The summed E-state index contributed by atoms with van der Waals surface area (Å²) < 4.78 is 37.7. The van der Waals surface area contributed by atoms with Gasteiger partial charge in [-0.3, -0.25) is 0 Å². The van der Waals surface area contributed by atoms with Crippen LogP contribution in [0.25, 0.3) is 0 Å². The van der Waals surface area contributed by atoms with Crippen molar-refractivity contribution in [1.29, 1.82) is 0 Å². The Labute approximate surface area is 164 Å². The minimum atomic E-state index is -2.90. The third-order valence-electron chi connectivity index (χ3n) is 3.83. The first-order valence-corrected chi connectivity index (χ1v) is 9.35. The quantitative estimate of drug-likeness (QED) is 0.477. The maximum atomic E-state index is 12.8. The van der Waals surface area contributed by atoms with E-state index in [9.17, 15) is 8.78 Å². The van der Waals surface area contributed by atoms with Crippen LogP contribution in [0.3, 0.4) is 0 Å². The molecule has 1 aromatic heterocycles. The molecule has 28 heavy (non-hydrogen) atoms. The Bertz CT molecular complexity index is 762. The predicted molar refractivity (Wildman–Crippen MR) is 106 cm³/mol. The average molecular weight is 394 g/mol. The van der Waals surface area contributed by atoms with E-state index in [1.54, 1.807) is 12.1 Å². The molecule has 0 amide bonds. The van der Waals surface area contributed by atoms with Crippen molar-refractivity contribution < 1.29 is 18.3 Å². The molecule has 0 spiro atoms. The highest BCUT2D eigenvalue weighted by Crippen LogP contribution is 2.26. The lowest BCUT2D eigenvalue weighted by atomic mass is 10.2. The topological polar surface area (TPSA) is 59.8 Å². The van der Waals surface area contributed by atoms with Gasteiger partial charge < -0.3 is 24.7 Å². The third-order valence-corrected chi connectivity index (χ3v) is 3.83. The molecule has 2 rings (SSSR count). The van der Waals surface area contributed by atoms with Gasteiger partial charge in [-0.15, -0.1) is 0 Å². The van der Waals surface area contributed by atoms with Crippen molar-refractivity contribution in [2.75, 3.05) is 13.2 Å². The van der Waals surface area contributed by atoms with Crippen LogP contribution >= 0.6 is 0 Å². The first kappa shape index (κ1) is 21.5. The fraction of sp³-hybridized carbons (Fsp3) is 0.450. The lowest BCUT2D eigenvalue weighted by Gasteiger charge is -2.15. The molecule has 0 unspecified atom stereocenters. The summed E-state index contributed by atoms with van der Waals surface area (Å²) in [6.45, 7) is 3.04. The van der Waals surface area contributed by atoms with Crippen molar-refractivity contribution >= 4 is 5.96 Å². The Balaban J connectivity index is 2.07. The van der Waals surface area contributed by atoms with Crippen molar-refractivity contribution in [3.8, 4) is 11.5 Å². The van der Waals surface area contributed by atoms with Crippen molar-refractivity contribution in [3.63, 3.8) is 0 Å². The number of guanidine groups is 1. The van der Waals surface area contributed by atoms with Crippen LogP contribution < -0.4 is 20.1 Å². The highest BCUT2D eigenvalue weighted by molar-refractivity contribution is 5.79. The maximum absolute atomic E-state index is 12.8. The molecule has 0 aliphatic heterocycles. The zero-order chi connectivity index (χ0) is 20.4. The van der Waals surface area contributed by atoms with Crippen LogP contribution in [0, 0.1) is 0 Å². The fourth-order valence-corrected chi connectivity index (χ4v) is 2.54. The maximum Gasteiger partial charge on any atom is 0.387 e. The highest BCUT2D eigenvalue weighted by Gasteiger charge is 2.12. The Hall–Kier alpha value is -2.77. The van der Waals surface area contributed by atoms with E-state index >= 15 is 0 Å². The molecule has 0 aliphatic rings. The second-order valence-electron chi connectivity index (χ2n) is 6.23. The van der Waals surface area contributed by atoms with Crippen molar-refractivity contribution in [2.24, 2.45) is 12.0 Å². The van der Waals surface area contributed by atoms with Gasteiger partial charge in [0.1, 0.15) is 11.5 Å². The number of hydrogen-bond donors (Lipinski definition) is 2. The van der Waals surface area contributed by atoms with Crippen LogP contribution in [0.15, 0.2) is 41.7 Å². The van der Waals surface area contributed by atoms with Gasteiger partial charge >= 0.3 is 6.61 Å². The summed E-state index contributed by atoms with van der Waals surface area (Å²) in [6, 6.07) is 6.96. The number of ether oxygens (including phenoxy) is 2. The minimum absolute atomic E-state index is 0.0926. The molecule has 0 aliphatic carbocycles. The number of aliphatic imine (C=N–C) groups is 1. The number of benzene rings is 1. The highest BCUT2D eigenvalue weighted by atomic mass is 19.3. The summed E-state index contributed by atoms with van der Waals surface area (Å²) in [5.74, 6) is 1.20. The summed E-state index contributed by atoms with van der Waals surface area (Å²) in [5.41, 5.74) is 1.67. The molecular formula is C20H28F2N4O2. The number of hydrogen-bond acceptors (Lipinski definition) is 3. The monoisotopic (exact) mass is 394 g/mol. The summed E-state index contributed by atoms with van der Waals surface area (Å²) >= 11 is 0. The van der Waals surface area contributed by atoms with Crippen LogP contribution in [0.5, 0.6) is 11.5 Å². The largest absolute Gasteiger partial charge is 0.493 e. The third kappa shape index (κ3) is 7.09. The number of alkyl halides is 2. The van der Waals surface area contributed by atoms with Crippen molar-refractivity contribution in [2.45, 2.75) is 40.0 Å². The molecule has 0 saturated carbocycles. The summed E-state index contributed by atoms with van der Waals surface area (Å²) in [7, 11) is 1.95. The molecule has 2 aromatic rings. The zero-order valence-corrected chi connectivity index (χ0v) is 16.5. The minimum Gasteiger partial charge on any atom is -0.493 e. The molecule has 2 N–H and O–H groups in total. The van der Waals surface area contributed by atoms with E-state index in [2.05, 4.69) is 20.4 Å². The predicted octanol–water partition coefficient (Wildman–Crippen LogP) is 3.67. The number of nitrogens with zero attached hydrogens (tertiary/aromatic N) is 2. The average Bonchev–Trinajstić information content (AvgIpc) is 3.08. The van der Waals surface area contributed by atoms with Gasteiger partial charge in [-0.25, -0.2) is 4.99 Å². The molecule has 0 saturated heterocycles. The molecule has 1 aromatic carbocycles. The molecule has 1 heterocycles. The first-order valence-electron chi connectivity index (χ1n) is 9.35. The smallest absolute Gasteiger partial charge is 0.387 e. The van der Waals surface area contributed by atoms with Gasteiger partial charge in [0.25, 0.3) is 0 Å². The van der Waals surface area contributed by atoms with E-state index < -0.39 is 6.61 Å². The second kappa shape index (κ2) is 11.2. The number of halogens is 2. The normalized spacial score (nSPS) is 11.6. The Morgan fingerprint density at radius 2 is 2.04 bits per heavy atom. The van der Waals surface area contributed by atoms with E-state index in [1.165, 1.54) is 6.07 Å². The van der Waals surface area contributed by atoms with Gasteiger partial charge in [-0.05, 0) is 37.1 Å². The van der Waals surface area contributed by atoms with Crippen LogP contribution in [-0.2, 0) is 20.1 Å². The van der Waals surface area contributed by atoms with Crippen LogP contribution in [0.1, 0.15) is 31.4 Å². The Morgan fingerprint density at radius 3 is 2.68 bits per heavy atom. The van der Waals surface area contributed by atoms with Crippen molar-refractivity contribution in [1.82, 2.24) is 15.2 Å². The van der Waals surface area contributed by atoms with E-state index in [4.69, 9.17) is 4.74 Å². The first-order chi connectivity index (χ1) is 13.5. The summed E-state index contributed by atoms with van der Waals surface area (Å²) in [5, 5.41) is 6.30. The SMILES string of the molecule is CCCOc1ccc(CNC(=NCc2ccn(C)c2)NCC)c(OC(F)F)c1. The van der Waals surface area contributed by atoms with Crippen LogP contribution in [-0.4, -0.2) is 30.3 Å². The number of nitrogens with one attached hydrogen (secondary N) is 2. The number of aryl methyl sites for hydroxylation is 1. The summed E-state index contributed by atoms with van der Waals surface area (Å²) in [4.78, 5) is 4.53.